The third-order valence-corrected chi connectivity index (χ3v) is 3.90. The van der Waals surface area contributed by atoms with Gasteiger partial charge in [0.2, 0.25) is 10.0 Å². The molecule has 1 aromatic carbocycles. The number of urea groups is 1. The molecule has 0 spiro atoms. The van der Waals surface area contributed by atoms with Crippen molar-refractivity contribution in [3.63, 3.8) is 0 Å². The van der Waals surface area contributed by atoms with Crippen LogP contribution in [0.2, 0.25) is 0 Å². The largest absolute Gasteiger partial charge is 0.478 e. The second kappa shape index (κ2) is 7.60. The molecule has 0 heterocycles. The molecule has 1 aromatic rings. The lowest BCUT2D eigenvalue weighted by molar-refractivity contribution is 0.0698. The smallest absolute Gasteiger partial charge is 0.337 e. The van der Waals surface area contributed by atoms with Gasteiger partial charge in [-0.05, 0) is 12.1 Å². The molecule has 9 heteroatoms. The number of carboxylic acid groups (broad SMARTS) is 1. The van der Waals surface area contributed by atoms with Gasteiger partial charge in [-0.3, -0.25) is 0 Å². The number of sulfonamides is 1. The minimum atomic E-state index is -3.41. The molecule has 0 radical (unpaired) electrons. The predicted molar refractivity (Wildman–Crippen MR) is 77.9 cm³/mol. The summed E-state index contributed by atoms with van der Waals surface area (Å²) in [5, 5.41) is 13.7. The van der Waals surface area contributed by atoms with Gasteiger partial charge < -0.3 is 15.7 Å². The zero-order valence-electron chi connectivity index (χ0n) is 11.4. The van der Waals surface area contributed by atoms with Crippen molar-refractivity contribution in [2.24, 2.45) is 0 Å². The van der Waals surface area contributed by atoms with Crippen molar-refractivity contribution in [2.45, 2.75) is 6.92 Å². The maximum absolute atomic E-state index is 11.6. The highest BCUT2D eigenvalue weighted by molar-refractivity contribution is 7.89. The fraction of sp³-hybridized carbons (Fsp3) is 0.333. The van der Waals surface area contributed by atoms with Crippen molar-refractivity contribution >= 4 is 27.7 Å². The highest BCUT2D eigenvalue weighted by Crippen LogP contribution is 2.14. The normalized spacial score (nSPS) is 10.9. The minimum Gasteiger partial charge on any atom is -0.478 e. The molecule has 21 heavy (non-hydrogen) atoms. The lowest BCUT2D eigenvalue weighted by Gasteiger charge is -2.10. The number of carbonyl (C=O) groups is 2. The van der Waals surface area contributed by atoms with Crippen molar-refractivity contribution in [3.05, 3.63) is 29.8 Å². The zero-order valence-corrected chi connectivity index (χ0v) is 12.2. The van der Waals surface area contributed by atoms with Crippen LogP contribution in [0.5, 0.6) is 0 Å². The SMILES string of the molecule is CCNS(=O)(=O)CCNC(=O)Nc1ccccc1C(=O)O. The monoisotopic (exact) mass is 315 g/mol. The summed E-state index contributed by atoms with van der Waals surface area (Å²) in [5.41, 5.74) is 0.0879. The van der Waals surface area contributed by atoms with E-state index in [0.717, 1.165) is 0 Å². The molecule has 0 bridgehead atoms. The van der Waals surface area contributed by atoms with E-state index in [0.29, 0.717) is 0 Å². The van der Waals surface area contributed by atoms with Crippen molar-refractivity contribution in [1.29, 1.82) is 0 Å². The highest BCUT2D eigenvalue weighted by Gasteiger charge is 2.12. The Morgan fingerprint density at radius 3 is 2.52 bits per heavy atom. The van der Waals surface area contributed by atoms with Crippen LogP contribution in [0.3, 0.4) is 0 Å². The summed E-state index contributed by atoms with van der Waals surface area (Å²) in [6.45, 7) is 1.84. The Hall–Kier alpha value is -2.13. The topological polar surface area (TPSA) is 125 Å². The molecule has 1 rings (SSSR count). The number of nitrogens with one attached hydrogen (secondary N) is 3. The van der Waals surface area contributed by atoms with Crippen LogP contribution in [-0.4, -0.2) is 44.4 Å². The highest BCUT2D eigenvalue weighted by atomic mass is 32.2. The average Bonchev–Trinajstić information content (AvgIpc) is 2.38. The third kappa shape index (κ3) is 5.79. The zero-order chi connectivity index (χ0) is 15.9. The Morgan fingerprint density at radius 2 is 1.90 bits per heavy atom. The molecule has 116 valence electrons. The molecule has 0 aromatic heterocycles. The van der Waals surface area contributed by atoms with Crippen molar-refractivity contribution < 1.29 is 23.1 Å². The van der Waals surface area contributed by atoms with E-state index >= 15 is 0 Å². The first-order chi connectivity index (χ1) is 9.85. The first-order valence-electron chi connectivity index (χ1n) is 6.20. The lowest BCUT2D eigenvalue weighted by Crippen LogP contribution is -2.36. The molecule has 0 fully saturated rings. The molecule has 0 unspecified atom stereocenters. The van der Waals surface area contributed by atoms with Gasteiger partial charge in [-0.15, -0.1) is 0 Å². The van der Waals surface area contributed by atoms with Crippen LogP contribution < -0.4 is 15.4 Å². The van der Waals surface area contributed by atoms with E-state index in [4.69, 9.17) is 5.11 Å². The van der Waals surface area contributed by atoms with Crippen LogP contribution in [-0.2, 0) is 10.0 Å². The van der Waals surface area contributed by atoms with Crippen molar-refractivity contribution in [1.82, 2.24) is 10.0 Å². The molecule has 0 aliphatic rings. The summed E-state index contributed by atoms with van der Waals surface area (Å²) in [7, 11) is -3.41. The molecular formula is C12H17N3O5S. The number of rotatable bonds is 7. The fourth-order valence-electron chi connectivity index (χ4n) is 1.54. The molecule has 4 N–H and O–H groups in total. The molecule has 0 aliphatic carbocycles. The van der Waals surface area contributed by atoms with E-state index < -0.39 is 22.0 Å². The maximum atomic E-state index is 11.6. The van der Waals surface area contributed by atoms with Crippen LogP contribution in [0.25, 0.3) is 0 Å². The first kappa shape index (κ1) is 16.9. The standard InChI is InChI=1S/C12H17N3O5S/c1-2-14-21(19,20)8-7-13-12(18)15-10-6-4-3-5-9(10)11(16)17/h3-6,14H,2,7-8H2,1H3,(H,16,17)(H2,13,15,18). The molecule has 0 saturated carbocycles. The van der Waals surface area contributed by atoms with E-state index in [9.17, 15) is 18.0 Å². The van der Waals surface area contributed by atoms with E-state index in [1.165, 1.54) is 18.2 Å². The second-order valence-corrected chi connectivity index (χ2v) is 5.97. The first-order valence-corrected chi connectivity index (χ1v) is 7.85. The molecular weight excluding hydrogens is 298 g/mol. The Kier molecular flexibility index (Phi) is 6.12. The predicted octanol–water partition coefficient (Wildman–Crippen LogP) is 0.446. The molecule has 0 atom stereocenters. The van der Waals surface area contributed by atoms with Crippen LogP contribution >= 0.6 is 0 Å². The quantitative estimate of drug-likeness (QED) is 0.581. The number of hydrogen-bond donors (Lipinski definition) is 4. The Labute approximate surface area is 122 Å². The Balaban J connectivity index is 2.54. The van der Waals surface area contributed by atoms with Crippen molar-refractivity contribution in [3.8, 4) is 0 Å². The minimum absolute atomic E-state index is 0.0482. The summed E-state index contributed by atoms with van der Waals surface area (Å²) in [6.07, 6.45) is 0. The van der Waals surface area contributed by atoms with Crippen molar-refractivity contribution in [2.75, 3.05) is 24.2 Å². The van der Waals surface area contributed by atoms with Gasteiger partial charge in [-0.25, -0.2) is 22.7 Å². The number of anilines is 1. The van der Waals surface area contributed by atoms with Gasteiger partial charge in [0.1, 0.15) is 0 Å². The Morgan fingerprint density at radius 1 is 1.24 bits per heavy atom. The van der Waals surface area contributed by atoms with Gasteiger partial charge in [-0.1, -0.05) is 19.1 Å². The van der Waals surface area contributed by atoms with Crippen LogP contribution in [0.15, 0.2) is 24.3 Å². The number of benzene rings is 1. The molecule has 0 saturated heterocycles. The second-order valence-electron chi connectivity index (χ2n) is 4.05. The number of amides is 2. The lowest BCUT2D eigenvalue weighted by atomic mass is 10.2. The van der Waals surface area contributed by atoms with Gasteiger partial charge in [0.25, 0.3) is 0 Å². The van der Waals surface area contributed by atoms with E-state index in [2.05, 4.69) is 15.4 Å². The Bertz CT molecular complexity index is 615. The number of para-hydroxylation sites is 1. The molecule has 8 nitrogen and oxygen atoms in total. The number of carbonyl (C=O) groups excluding carboxylic acids is 1. The molecule has 2 amide bonds. The van der Waals surface area contributed by atoms with Crippen LogP contribution in [0.4, 0.5) is 10.5 Å². The van der Waals surface area contributed by atoms with E-state index in [1.54, 1.807) is 13.0 Å². The maximum Gasteiger partial charge on any atom is 0.337 e. The van der Waals surface area contributed by atoms with Gasteiger partial charge in [0.05, 0.1) is 17.0 Å². The molecule has 0 aliphatic heterocycles. The number of hydrogen-bond acceptors (Lipinski definition) is 4. The van der Waals surface area contributed by atoms with Crippen LogP contribution in [0.1, 0.15) is 17.3 Å². The third-order valence-electron chi connectivity index (χ3n) is 2.43. The van der Waals surface area contributed by atoms with Crippen LogP contribution in [0, 0.1) is 0 Å². The van der Waals surface area contributed by atoms with E-state index in [1.807, 2.05) is 0 Å². The average molecular weight is 315 g/mol. The van der Waals surface area contributed by atoms with Gasteiger partial charge in [0.15, 0.2) is 0 Å². The summed E-state index contributed by atoms with van der Waals surface area (Å²) >= 11 is 0. The number of aromatic carboxylic acids is 1. The number of carboxylic acids is 1. The summed E-state index contributed by atoms with van der Waals surface area (Å²) in [6, 6.07) is 5.24. The summed E-state index contributed by atoms with van der Waals surface area (Å²) in [4.78, 5) is 22.6. The van der Waals surface area contributed by atoms with Gasteiger partial charge >= 0.3 is 12.0 Å². The van der Waals surface area contributed by atoms with E-state index in [-0.39, 0.29) is 30.1 Å². The summed E-state index contributed by atoms with van der Waals surface area (Å²) in [5.74, 6) is -1.42. The fourth-order valence-corrected chi connectivity index (χ4v) is 2.49. The van der Waals surface area contributed by atoms with Gasteiger partial charge in [-0.2, -0.15) is 0 Å². The summed E-state index contributed by atoms with van der Waals surface area (Å²) < 4.78 is 25.0. The van der Waals surface area contributed by atoms with Gasteiger partial charge in [0, 0.05) is 13.1 Å².